The van der Waals surface area contributed by atoms with Gasteiger partial charge < -0.3 is 10.2 Å². The summed E-state index contributed by atoms with van der Waals surface area (Å²) in [5.41, 5.74) is -1.08. The van der Waals surface area contributed by atoms with Gasteiger partial charge in [-0.3, -0.25) is 13.9 Å². The number of halogens is 5. The van der Waals surface area contributed by atoms with Crippen molar-refractivity contribution in [3.05, 3.63) is 94.0 Å². The van der Waals surface area contributed by atoms with Crippen molar-refractivity contribution in [3.63, 3.8) is 0 Å². The quantitative estimate of drug-likeness (QED) is 0.257. The molecule has 0 spiro atoms. The number of anilines is 1. The average molecular weight is 645 g/mol. The van der Waals surface area contributed by atoms with Crippen LogP contribution >= 0.6 is 23.2 Å². The summed E-state index contributed by atoms with van der Waals surface area (Å²) in [5.74, 6) is -1.27. The van der Waals surface area contributed by atoms with Gasteiger partial charge in [0, 0.05) is 17.6 Å². The molecule has 1 N–H and O–H groups in total. The largest absolute Gasteiger partial charge is 0.417 e. The van der Waals surface area contributed by atoms with Crippen LogP contribution in [0.4, 0.5) is 18.9 Å². The molecule has 0 aliphatic heterocycles. The summed E-state index contributed by atoms with van der Waals surface area (Å²) >= 11 is 11.8. The van der Waals surface area contributed by atoms with E-state index in [1.807, 2.05) is 0 Å². The van der Waals surface area contributed by atoms with Crippen LogP contribution in [0.25, 0.3) is 0 Å². The molecule has 13 heteroatoms. The van der Waals surface area contributed by atoms with Gasteiger partial charge in [-0.25, -0.2) is 8.42 Å². The third kappa shape index (κ3) is 8.17. The number of sulfonamides is 1. The first-order valence-corrected chi connectivity index (χ1v) is 15.1. The number of carbonyl (C=O) groups is 2. The lowest BCUT2D eigenvalue weighted by Crippen LogP contribution is -2.53. The van der Waals surface area contributed by atoms with Gasteiger partial charge in [-0.2, -0.15) is 13.2 Å². The molecule has 7 nitrogen and oxygen atoms in total. The summed E-state index contributed by atoms with van der Waals surface area (Å²) in [6.45, 7) is 4.22. The van der Waals surface area contributed by atoms with E-state index >= 15 is 0 Å². The van der Waals surface area contributed by atoms with E-state index in [-0.39, 0.29) is 23.9 Å². The second-order valence-electron chi connectivity index (χ2n) is 9.72. The summed E-state index contributed by atoms with van der Waals surface area (Å²) < 4.78 is 69.4. The van der Waals surface area contributed by atoms with Crippen molar-refractivity contribution in [1.29, 1.82) is 0 Å². The number of alkyl halides is 3. The van der Waals surface area contributed by atoms with Crippen LogP contribution in [0.15, 0.2) is 77.7 Å². The molecule has 0 aromatic heterocycles. The highest BCUT2D eigenvalue weighted by molar-refractivity contribution is 7.92. The first-order chi connectivity index (χ1) is 19.6. The van der Waals surface area contributed by atoms with Crippen LogP contribution in [0.5, 0.6) is 0 Å². The first kappa shape index (κ1) is 33.2. The van der Waals surface area contributed by atoms with Gasteiger partial charge in [0.2, 0.25) is 11.8 Å². The standard InChI is InChI=1S/C29H30Cl2F3N3O4S/c1-4-26(28(39)35-19(2)3)36(17-20-10-12-21(30)13-11-20)27(38)18-37(42(40,41)23-8-6-5-7-9-23)22-14-15-25(31)24(16-22)29(32,33)34/h5-16,19,26H,4,17-18H2,1-3H3,(H,35,39). The van der Waals surface area contributed by atoms with Gasteiger partial charge in [-0.15, -0.1) is 0 Å². The number of benzene rings is 3. The summed E-state index contributed by atoms with van der Waals surface area (Å²) in [7, 11) is -4.55. The number of nitrogens with one attached hydrogen (secondary N) is 1. The molecular weight excluding hydrogens is 614 g/mol. The molecule has 3 aromatic rings. The number of hydrogen-bond donors (Lipinski definition) is 1. The van der Waals surface area contributed by atoms with Gasteiger partial charge >= 0.3 is 6.18 Å². The molecular formula is C29H30Cl2F3N3O4S. The summed E-state index contributed by atoms with van der Waals surface area (Å²) in [5, 5.41) is 2.59. The normalized spacial score (nSPS) is 12.6. The van der Waals surface area contributed by atoms with Crippen LogP contribution in [0.1, 0.15) is 38.3 Å². The monoisotopic (exact) mass is 643 g/mol. The maximum Gasteiger partial charge on any atom is 0.417 e. The van der Waals surface area contributed by atoms with Crippen LogP contribution < -0.4 is 9.62 Å². The van der Waals surface area contributed by atoms with E-state index in [9.17, 15) is 31.2 Å². The molecule has 0 radical (unpaired) electrons. The second-order valence-corrected chi connectivity index (χ2v) is 12.4. The molecule has 1 unspecified atom stereocenters. The Morgan fingerprint density at radius 1 is 0.952 bits per heavy atom. The minimum Gasteiger partial charge on any atom is -0.352 e. The van der Waals surface area contributed by atoms with Gasteiger partial charge in [-0.05, 0) is 68.3 Å². The molecule has 0 heterocycles. The minimum absolute atomic E-state index is 0.0896. The predicted octanol–water partition coefficient (Wildman–Crippen LogP) is 6.54. The maximum absolute atomic E-state index is 14.0. The Morgan fingerprint density at radius 3 is 2.12 bits per heavy atom. The highest BCUT2D eigenvalue weighted by Gasteiger charge is 2.37. The SMILES string of the molecule is CCC(C(=O)NC(C)C)N(Cc1ccc(Cl)cc1)C(=O)CN(c1ccc(Cl)c(C(F)(F)F)c1)S(=O)(=O)c1ccccc1. The highest BCUT2D eigenvalue weighted by Crippen LogP contribution is 2.38. The van der Waals surface area contributed by atoms with E-state index < -0.39 is 56.9 Å². The van der Waals surface area contributed by atoms with E-state index in [0.29, 0.717) is 21.0 Å². The Morgan fingerprint density at radius 2 is 1.57 bits per heavy atom. The molecule has 42 heavy (non-hydrogen) atoms. The van der Waals surface area contributed by atoms with Crippen molar-refractivity contribution < 1.29 is 31.2 Å². The van der Waals surface area contributed by atoms with Crippen molar-refractivity contribution in [3.8, 4) is 0 Å². The number of hydrogen-bond acceptors (Lipinski definition) is 4. The molecule has 0 fully saturated rings. The molecule has 0 saturated carbocycles. The molecule has 0 aliphatic carbocycles. The van der Waals surface area contributed by atoms with Crippen LogP contribution in [-0.2, 0) is 32.3 Å². The van der Waals surface area contributed by atoms with Gasteiger partial charge in [0.25, 0.3) is 10.0 Å². The van der Waals surface area contributed by atoms with Gasteiger partial charge in [0.05, 0.1) is 21.2 Å². The number of rotatable bonds is 11. The van der Waals surface area contributed by atoms with Crippen LogP contribution in [0.2, 0.25) is 10.0 Å². The lowest BCUT2D eigenvalue weighted by atomic mass is 10.1. The van der Waals surface area contributed by atoms with Crippen molar-refractivity contribution in [2.24, 2.45) is 0 Å². The zero-order valence-electron chi connectivity index (χ0n) is 23.0. The van der Waals surface area contributed by atoms with E-state index in [1.54, 1.807) is 51.1 Å². The van der Waals surface area contributed by atoms with Crippen LogP contribution in [-0.4, -0.2) is 43.8 Å². The minimum atomic E-state index is -4.89. The summed E-state index contributed by atoms with van der Waals surface area (Å²) in [6, 6.07) is 14.9. The average Bonchev–Trinajstić information content (AvgIpc) is 2.92. The van der Waals surface area contributed by atoms with Crippen LogP contribution in [0, 0.1) is 0 Å². The third-order valence-corrected chi connectivity index (χ3v) is 8.61. The fourth-order valence-electron chi connectivity index (χ4n) is 4.22. The topological polar surface area (TPSA) is 86.8 Å². The molecule has 0 saturated heterocycles. The van der Waals surface area contributed by atoms with Crippen molar-refractivity contribution in [2.45, 2.75) is 56.9 Å². The Hall–Kier alpha value is -3.28. The van der Waals surface area contributed by atoms with Crippen molar-refractivity contribution in [2.75, 3.05) is 10.8 Å². The molecule has 3 rings (SSSR count). The smallest absolute Gasteiger partial charge is 0.352 e. The molecule has 0 aliphatic rings. The molecule has 1 atom stereocenters. The number of carbonyl (C=O) groups excluding carboxylic acids is 2. The maximum atomic E-state index is 14.0. The predicted molar refractivity (Wildman–Crippen MR) is 157 cm³/mol. The third-order valence-electron chi connectivity index (χ3n) is 6.24. The molecule has 2 amide bonds. The zero-order chi connectivity index (χ0) is 31.2. The summed E-state index contributed by atoms with van der Waals surface area (Å²) in [6.07, 6.45) is -4.70. The molecule has 3 aromatic carbocycles. The summed E-state index contributed by atoms with van der Waals surface area (Å²) in [4.78, 5) is 28.1. The van der Waals surface area contributed by atoms with Gasteiger partial charge in [-0.1, -0.05) is 60.5 Å². The Labute approximate surface area is 253 Å². The first-order valence-electron chi connectivity index (χ1n) is 12.9. The van der Waals surface area contributed by atoms with Gasteiger partial charge in [0.15, 0.2) is 0 Å². The van der Waals surface area contributed by atoms with E-state index in [0.717, 1.165) is 12.1 Å². The van der Waals surface area contributed by atoms with Crippen LogP contribution in [0.3, 0.4) is 0 Å². The second kappa shape index (κ2) is 13.8. The van der Waals surface area contributed by atoms with E-state index in [2.05, 4.69) is 5.32 Å². The lowest BCUT2D eigenvalue weighted by Gasteiger charge is -2.33. The van der Waals surface area contributed by atoms with Crippen molar-refractivity contribution >= 4 is 50.7 Å². The zero-order valence-corrected chi connectivity index (χ0v) is 25.4. The van der Waals surface area contributed by atoms with E-state index in [4.69, 9.17) is 23.2 Å². The van der Waals surface area contributed by atoms with E-state index in [1.165, 1.54) is 29.2 Å². The Kier molecular flexibility index (Phi) is 10.9. The number of amides is 2. The number of nitrogens with zero attached hydrogens (tertiary/aromatic N) is 2. The fraction of sp³-hybridized carbons (Fsp3) is 0.310. The van der Waals surface area contributed by atoms with Gasteiger partial charge in [0.1, 0.15) is 12.6 Å². The Balaban J connectivity index is 2.13. The molecule has 226 valence electrons. The Bertz CT molecular complexity index is 1500. The molecule has 0 bridgehead atoms. The fourth-order valence-corrected chi connectivity index (χ4v) is 6.00. The lowest BCUT2D eigenvalue weighted by molar-refractivity contribution is -0.140. The van der Waals surface area contributed by atoms with Crippen molar-refractivity contribution in [1.82, 2.24) is 10.2 Å². The highest BCUT2D eigenvalue weighted by atomic mass is 35.5.